The van der Waals surface area contributed by atoms with Gasteiger partial charge in [-0.2, -0.15) is 0 Å². The lowest BCUT2D eigenvalue weighted by Gasteiger charge is -2.19. The normalized spacial score (nSPS) is 15.5. The van der Waals surface area contributed by atoms with Crippen molar-refractivity contribution >= 4 is 5.78 Å². The fraction of sp³-hybridized carbons (Fsp3) is 0.300. The number of carbonyl (C=O) groups is 1. The Morgan fingerprint density at radius 1 is 1.30 bits per heavy atom. The fourth-order valence-electron chi connectivity index (χ4n) is 3.71. The van der Waals surface area contributed by atoms with Crippen LogP contribution in [0.1, 0.15) is 44.9 Å². The van der Waals surface area contributed by atoms with Crippen LogP contribution >= 0.6 is 0 Å². The van der Waals surface area contributed by atoms with Crippen LogP contribution in [0.3, 0.4) is 0 Å². The Kier molecular flexibility index (Phi) is 4.55. The lowest BCUT2D eigenvalue weighted by Crippen LogP contribution is -2.44. The Hall–Kier alpha value is -2.90. The summed E-state index contributed by atoms with van der Waals surface area (Å²) >= 11 is 0. The van der Waals surface area contributed by atoms with Crippen LogP contribution in [0.2, 0.25) is 0 Å². The summed E-state index contributed by atoms with van der Waals surface area (Å²) < 4.78 is 9.10. The standard InChI is InChI=1S/C20H21N4O3/c1-13-23(9-10-27-2)17-18(24(13)12-14-11-21-7-8-22-14)20(26)16-6-4-3-5-15(16)19(17)25/h3-8,11,20,26H,9-10,12H2,1-2H3/q+1. The van der Waals surface area contributed by atoms with E-state index in [-0.39, 0.29) is 5.78 Å². The van der Waals surface area contributed by atoms with E-state index in [4.69, 9.17) is 4.74 Å². The lowest BCUT2D eigenvalue weighted by atomic mass is 9.88. The minimum absolute atomic E-state index is 0.0806. The van der Waals surface area contributed by atoms with Gasteiger partial charge in [-0.3, -0.25) is 14.8 Å². The molecule has 1 aliphatic carbocycles. The van der Waals surface area contributed by atoms with Crippen LogP contribution < -0.4 is 4.57 Å². The quantitative estimate of drug-likeness (QED) is 0.687. The van der Waals surface area contributed by atoms with E-state index >= 15 is 0 Å². The molecule has 0 aliphatic heterocycles. The van der Waals surface area contributed by atoms with Crippen molar-refractivity contribution in [1.29, 1.82) is 0 Å². The Balaban J connectivity index is 1.90. The van der Waals surface area contributed by atoms with E-state index in [1.807, 2.05) is 28.2 Å². The van der Waals surface area contributed by atoms with Crippen molar-refractivity contribution in [3.63, 3.8) is 0 Å². The first-order valence-corrected chi connectivity index (χ1v) is 8.81. The van der Waals surface area contributed by atoms with E-state index in [1.165, 1.54) is 0 Å². The highest BCUT2D eigenvalue weighted by Gasteiger charge is 2.42. The molecule has 0 amide bonds. The molecule has 1 unspecified atom stereocenters. The summed E-state index contributed by atoms with van der Waals surface area (Å²) in [6.07, 6.45) is 4.06. The molecule has 0 saturated heterocycles. The molecule has 138 valence electrons. The Bertz CT molecular complexity index is 998. The molecule has 1 aromatic carbocycles. The number of nitrogens with zero attached hydrogens (tertiary/aromatic N) is 4. The first kappa shape index (κ1) is 17.5. The molecular weight excluding hydrogens is 344 g/mol. The molecule has 4 rings (SSSR count). The van der Waals surface area contributed by atoms with E-state index in [0.717, 1.165) is 11.5 Å². The van der Waals surface area contributed by atoms with Crippen LogP contribution in [-0.4, -0.2) is 39.1 Å². The second-order valence-electron chi connectivity index (χ2n) is 6.53. The van der Waals surface area contributed by atoms with Crippen molar-refractivity contribution in [3.05, 3.63) is 76.9 Å². The smallest absolute Gasteiger partial charge is 0.254 e. The van der Waals surface area contributed by atoms with Crippen LogP contribution in [0.4, 0.5) is 0 Å². The number of benzene rings is 1. The van der Waals surface area contributed by atoms with Gasteiger partial charge in [-0.25, -0.2) is 9.13 Å². The number of ketones is 1. The van der Waals surface area contributed by atoms with Crippen LogP contribution in [0.15, 0.2) is 42.9 Å². The molecule has 27 heavy (non-hydrogen) atoms. The molecule has 0 radical (unpaired) electrons. The molecule has 2 heterocycles. The Morgan fingerprint density at radius 3 is 2.85 bits per heavy atom. The van der Waals surface area contributed by atoms with Gasteiger partial charge >= 0.3 is 0 Å². The average Bonchev–Trinajstić information content (AvgIpc) is 2.97. The van der Waals surface area contributed by atoms with E-state index in [0.29, 0.717) is 42.2 Å². The maximum absolute atomic E-state index is 13.2. The summed E-state index contributed by atoms with van der Waals surface area (Å²) in [7, 11) is 1.63. The number of ether oxygens (including phenoxy) is 1. The monoisotopic (exact) mass is 365 g/mol. The maximum atomic E-state index is 13.2. The van der Waals surface area contributed by atoms with Crippen molar-refractivity contribution in [2.24, 2.45) is 0 Å². The first-order chi connectivity index (χ1) is 13.1. The predicted molar refractivity (Wildman–Crippen MR) is 96.3 cm³/mol. The largest absolute Gasteiger partial charge is 0.381 e. The lowest BCUT2D eigenvalue weighted by molar-refractivity contribution is -0.705. The summed E-state index contributed by atoms with van der Waals surface area (Å²) in [4.78, 5) is 21.7. The van der Waals surface area contributed by atoms with Crippen LogP contribution in [0.25, 0.3) is 0 Å². The van der Waals surface area contributed by atoms with Crippen molar-refractivity contribution in [2.45, 2.75) is 26.1 Å². The predicted octanol–water partition coefficient (Wildman–Crippen LogP) is 1.19. The van der Waals surface area contributed by atoms with Gasteiger partial charge in [0.25, 0.3) is 5.82 Å². The first-order valence-electron chi connectivity index (χ1n) is 8.81. The SMILES string of the molecule is COCC[n+]1c2c(n(Cc3cnccn3)c1C)C(O)c1ccccc1C2=O. The van der Waals surface area contributed by atoms with Gasteiger partial charge in [0.05, 0.1) is 12.8 Å². The second kappa shape index (κ2) is 7.02. The zero-order chi connectivity index (χ0) is 19.0. The number of fused-ring (bicyclic) bond motifs is 2. The summed E-state index contributed by atoms with van der Waals surface area (Å²) in [6.45, 7) is 3.36. The summed E-state index contributed by atoms with van der Waals surface area (Å²) in [5.41, 5.74) is 3.04. The van der Waals surface area contributed by atoms with Crippen molar-refractivity contribution < 1.29 is 19.2 Å². The highest BCUT2D eigenvalue weighted by atomic mass is 16.5. The van der Waals surface area contributed by atoms with E-state index in [2.05, 4.69) is 9.97 Å². The number of hydrogen-bond acceptors (Lipinski definition) is 5. The highest BCUT2D eigenvalue weighted by Crippen LogP contribution is 2.34. The van der Waals surface area contributed by atoms with E-state index < -0.39 is 6.10 Å². The zero-order valence-electron chi connectivity index (χ0n) is 15.3. The van der Waals surface area contributed by atoms with Crippen LogP contribution in [0, 0.1) is 6.92 Å². The summed E-state index contributed by atoms with van der Waals surface area (Å²) in [5, 5.41) is 11.1. The number of rotatable bonds is 5. The minimum atomic E-state index is -0.881. The molecule has 0 bridgehead atoms. The third kappa shape index (κ3) is 2.85. The van der Waals surface area contributed by atoms with Gasteiger partial charge in [-0.05, 0) is 0 Å². The van der Waals surface area contributed by atoms with Crippen LogP contribution in [0.5, 0.6) is 0 Å². The van der Waals surface area contributed by atoms with E-state index in [9.17, 15) is 9.90 Å². The molecule has 0 spiro atoms. The molecule has 0 saturated carbocycles. The Labute approximate surface area is 156 Å². The van der Waals surface area contributed by atoms with Gasteiger partial charge in [-0.15, -0.1) is 0 Å². The highest BCUT2D eigenvalue weighted by molar-refractivity contribution is 6.10. The second-order valence-corrected chi connectivity index (χ2v) is 6.53. The van der Waals surface area contributed by atoms with Gasteiger partial charge < -0.3 is 9.84 Å². The number of methoxy groups -OCH3 is 1. The van der Waals surface area contributed by atoms with E-state index in [1.54, 1.807) is 37.8 Å². The molecular formula is C20H21N4O3+. The van der Waals surface area contributed by atoms with Gasteiger partial charge in [0.1, 0.15) is 24.9 Å². The molecule has 2 aromatic heterocycles. The molecule has 1 N–H and O–H groups in total. The number of imidazole rings is 1. The third-order valence-electron chi connectivity index (χ3n) is 5.01. The summed E-state index contributed by atoms with van der Waals surface area (Å²) in [6, 6.07) is 7.22. The number of aliphatic hydroxyl groups is 1. The number of carbonyl (C=O) groups excluding carboxylic acids is 1. The minimum Gasteiger partial charge on any atom is -0.381 e. The topological polar surface area (TPSA) is 81.1 Å². The summed E-state index contributed by atoms with van der Waals surface area (Å²) in [5.74, 6) is 0.783. The maximum Gasteiger partial charge on any atom is 0.254 e. The van der Waals surface area contributed by atoms with Gasteiger partial charge in [-0.1, -0.05) is 24.3 Å². The van der Waals surface area contributed by atoms with Gasteiger partial charge in [0.15, 0.2) is 5.69 Å². The van der Waals surface area contributed by atoms with Gasteiger partial charge in [0, 0.05) is 37.6 Å². The third-order valence-corrected chi connectivity index (χ3v) is 5.01. The van der Waals surface area contributed by atoms with Gasteiger partial charge in [0.2, 0.25) is 11.5 Å². The number of aromatic nitrogens is 4. The molecule has 0 fully saturated rings. The molecule has 1 atom stereocenters. The fourth-order valence-corrected chi connectivity index (χ4v) is 3.71. The average molecular weight is 365 g/mol. The number of hydrogen-bond donors (Lipinski definition) is 1. The Morgan fingerprint density at radius 2 is 2.11 bits per heavy atom. The van der Waals surface area contributed by atoms with Crippen molar-refractivity contribution in [1.82, 2.24) is 14.5 Å². The molecule has 3 aromatic rings. The number of aliphatic hydroxyl groups excluding tert-OH is 1. The molecule has 7 heteroatoms. The van der Waals surface area contributed by atoms with Crippen molar-refractivity contribution in [3.8, 4) is 0 Å². The molecule has 7 nitrogen and oxygen atoms in total. The van der Waals surface area contributed by atoms with Crippen LogP contribution in [-0.2, 0) is 17.8 Å². The zero-order valence-corrected chi connectivity index (χ0v) is 15.3. The molecule has 1 aliphatic rings. The van der Waals surface area contributed by atoms with Crippen molar-refractivity contribution in [2.75, 3.05) is 13.7 Å².